The van der Waals surface area contributed by atoms with Crippen molar-refractivity contribution in [3.05, 3.63) is 23.5 Å². The summed E-state index contributed by atoms with van der Waals surface area (Å²) >= 11 is 0. The van der Waals surface area contributed by atoms with Crippen LogP contribution in [-0.2, 0) is 15.5 Å². The predicted molar refractivity (Wildman–Crippen MR) is 69.7 cm³/mol. The van der Waals surface area contributed by atoms with E-state index in [0.717, 1.165) is 12.1 Å². The van der Waals surface area contributed by atoms with Crippen molar-refractivity contribution >= 4 is 12.6 Å². The summed E-state index contributed by atoms with van der Waals surface area (Å²) in [7, 11) is -1.09. The number of nitrogens with zero attached hydrogens (tertiary/aromatic N) is 1. The lowest BCUT2D eigenvalue weighted by Gasteiger charge is -2.32. The molecule has 0 atom stereocenters. The standard InChI is InChI=1S/C13H17BF3NO2/c1-8-6-9(7-10(18-8)13(15,16)17)14-19-11(2,3)12(4,5)20-14/h6-7H,1-5H3/i1D3. The Morgan fingerprint density at radius 2 is 1.70 bits per heavy atom. The molecule has 1 aliphatic rings. The van der Waals surface area contributed by atoms with Crippen LogP contribution < -0.4 is 5.46 Å². The summed E-state index contributed by atoms with van der Waals surface area (Å²) in [6, 6.07) is 1.84. The maximum atomic E-state index is 13.0. The van der Waals surface area contributed by atoms with Crippen molar-refractivity contribution in [2.45, 2.75) is 51.9 Å². The number of halogens is 3. The van der Waals surface area contributed by atoms with Gasteiger partial charge in [-0.1, -0.05) is 0 Å². The Bertz CT molecular complexity index is 569. The highest BCUT2D eigenvalue weighted by atomic mass is 19.4. The number of rotatable bonds is 1. The van der Waals surface area contributed by atoms with Crippen LogP contribution in [0.25, 0.3) is 0 Å². The van der Waals surface area contributed by atoms with E-state index in [9.17, 15) is 13.2 Å². The van der Waals surface area contributed by atoms with Gasteiger partial charge in [0.15, 0.2) is 0 Å². The third-order valence-corrected chi connectivity index (χ3v) is 3.66. The Labute approximate surface area is 120 Å². The van der Waals surface area contributed by atoms with Crippen molar-refractivity contribution in [2.24, 2.45) is 0 Å². The van der Waals surface area contributed by atoms with E-state index in [1.807, 2.05) is 0 Å². The van der Waals surface area contributed by atoms with E-state index >= 15 is 0 Å². The van der Waals surface area contributed by atoms with Gasteiger partial charge in [-0.3, -0.25) is 0 Å². The molecule has 0 unspecified atom stereocenters. The van der Waals surface area contributed by atoms with Gasteiger partial charge in [0.05, 0.1) is 11.2 Å². The topological polar surface area (TPSA) is 31.4 Å². The van der Waals surface area contributed by atoms with Gasteiger partial charge >= 0.3 is 13.3 Å². The maximum absolute atomic E-state index is 13.0. The van der Waals surface area contributed by atoms with E-state index in [-0.39, 0.29) is 5.46 Å². The lowest BCUT2D eigenvalue weighted by Crippen LogP contribution is -2.41. The summed E-state index contributed by atoms with van der Waals surface area (Å²) < 4.78 is 72.3. The number of alkyl halides is 3. The second kappa shape index (κ2) is 4.46. The van der Waals surface area contributed by atoms with Gasteiger partial charge in [-0.15, -0.1) is 0 Å². The second-order valence-corrected chi connectivity index (χ2v) is 5.76. The molecule has 1 saturated heterocycles. The summed E-state index contributed by atoms with van der Waals surface area (Å²) in [5, 5.41) is 0. The minimum absolute atomic E-state index is 0.0166. The van der Waals surface area contributed by atoms with Crippen LogP contribution >= 0.6 is 0 Å². The SMILES string of the molecule is [2H]C([2H])([2H])c1cc(B2OC(C)(C)C(C)(C)O2)cc(C(F)(F)F)n1. The minimum Gasteiger partial charge on any atom is -0.399 e. The Morgan fingerprint density at radius 1 is 1.15 bits per heavy atom. The molecule has 3 nitrogen and oxygen atoms in total. The molecule has 1 aromatic heterocycles. The molecule has 0 aromatic carbocycles. The van der Waals surface area contributed by atoms with Crippen molar-refractivity contribution in [3.8, 4) is 0 Å². The average molecular weight is 290 g/mol. The van der Waals surface area contributed by atoms with Crippen LogP contribution in [0.4, 0.5) is 13.2 Å². The van der Waals surface area contributed by atoms with Crippen LogP contribution in [0.1, 0.15) is 43.2 Å². The molecule has 110 valence electrons. The number of hydrogen-bond donors (Lipinski definition) is 0. The molecule has 0 saturated carbocycles. The van der Waals surface area contributed by atoms with Gasteiger partial charge in [0, 0.05) is 9.81 Å². The molecule has 20 heavy (non-hydrogen) atoms. The Hall–Kier alpha value is -1.08. The zero-order chi connectivity index (χ0) is 17.8. The van der Waals surface area contributed by atoms with Gasteiger partial charge in [-0.05, 0) is 52.1 Å². The first-order valence-electron chi connectivity index (χ1n) is 7.59. The lowest BCUT2D eigenvalue weighted by atomic mass is 9.79. The second-order valence-electron chi connectivity index (χ2n) is 5.76. The van der Waals surface area contributed by atoms with Gasteiger partial charge < -0.3 is 9.31 Å². The van der Waals surface area contributed by atoms with E-state index in [1.165, 1.54) is 0 Å². The Kier molecular flexibility index (Phi) is 2.58. The fraction of sp³-hybridized carbons (Fsp3) is 0.615. The van der Waals surface area contributed by atoms with Gasteiger partial charge in [-0.25, -0.2) is 4.98 Å². The highest BCUT2D eigenvalue weighted by Crippen LogP contribution is 2.37. The normalized spacial score (nSPS) is 24.1. The lowest BCUT2D eigenvalue weighted by molar-refractivity contribution is -0.141. The molecule has 0 N–H and O–H groups in total. The van der Waals surface area contributed by atoms with Crippen molar-refractivity contribution in [1.29, 1.82) is 0 Å². The van der Waals surface area contributed by atoms with Crippen molar-refractivity contribution in [1.82, 2.24) is 4.98 Å². The highest BCUT2D eigenvalue weighted by Gasteiger charge is 2.52. The smallest absolute Gasteiger partial charge is 0.399 e. The fourth-order valence-electron chi connectivity index (χ4n) is 1.81. The van der Waals surface area contributed by atoms with Crippen LogP contribution in [-0.4, -0.2) is 23.3 Å². The molecular formula is C13H17BF3NO2. The van der Waals surface area contributed by atoms with Crippen molar-refractivity contribution in [2.75, 3.05) is 0 Å². The number of aryl methyl sites for hydroxylation is 1. The molecule has 2 rings (SSSR count). The van der Waals surface area contributed by atoms with Gasteiger partial charge in [-0.2, -0.15) is 13.2 Å². The first-order chi connectivity index (χ1) is 10.1. The van der Waals surface area contributed by atoms with E-state index in [2.05, 4.69) is 4.98 Å². The molecular weight excluding hydrogens is 270 g/mol. The van der Waals surface area contributed by atoms with Crippen molar-refractivity contribution in [3.63, 3.8) is 0 Å². The largest absolute Gasteiger partial charge is 0.494 e. The first kappa shape index (κ1) is 11.6. The molecule has 1 aromatic rings. The van der Waals surface area contributed by atoms with Crippen molar-refractivity contribution < 1.29 is 26.6 Å². The molecule has 1 aliphatic heterocycles. The molecule has 1 fully saturated rings. The molecule has 0 radical (unpaired) electrons. The van der Waals surface area contributed by atoms with E-state index in [1.54, 1.807) is 27.7 Å². The monoisotopic (exact) mass is 290 g/mol. The Morgan fingerprint density at radius 3 is 2.15 bits per heavy atom. The molecule has 0 aliphatic carbocycles. The summed E-state index contributed by atoms with van der Waals surface area (Å²) in [6.07, 6.45) is -4.76. The number of pyridine rings is 1. The number of hydrogen-bond acceptors (Lipinski definition) is 3. The molecule has 0 bridgehead atoms. The maximum Gasteiger partial charge on any atom is 0.494 e. The highest BCUT2D eigenvalue weighted by molar-refractivity contribution is 6.62. The minimum atomic E-state index is -4.76. The zero-order valence-corrected chi connectivity index (χ0v) is 11.6. The third kappa shape index (κ3) is 2.69. The summed E-state index contributed by atoms with van der Waals surface area (Å²) in [4.78, 5) is 3.22. The average Bonchev–Trinajstić information content (AvgIpc) is 2.56. The van der Waals surface area contributed by atoms with Crippen LogP contribution in [0.3, 0.4) is 0 Å². The Balaban J connectivity index is 2.51. The van der Waals surface area contributed by atoms with Gasteiger partial charge in [0.1, 0.15) is 5.69 Å². The summed E-state index contributed by atoms with van der Waals surface area (Å²) in [6.45, 7) is 4.25. The van der Waals surface area contributed by atoms with Crippen LogP contribution in [0.5, 0.6) is 0 Å². The van der Waals surface area contributed by atoms with E-state index in [0.29, 0.717) is 0 Å². The van der Waals surface area contributed by atoms with E-state index < -0.39 is 42.7 Å². The third-order valence-electron chi connectivity index (χ3n) is 3.66. The molecule has 0 spiro atoms. The number of aromatic nitrogens is 1. The van der Waals surface area contributed by atoms with Crippen LogP contribution in [0, 0.1) is 6.85 Å². The molecule has 2 heterocycles. The summed E-state index contributed by atoms with van der Waals surface area (Å²) in [5.41, 5.74) is -3.44. The first-order valence-corrected chi connectivity index (χ1v) is 6.09. The summed E-state index contributed by atoms with van der Waals surface area (Å²) in [5.74, 6) is 0. The van der Waals surface area contributed by atoms with Crippen LogP contribution in [0.15, 0.2) is 12.1 Å². The van der Waals surface area contributed by atoms with Gasteiger partial charge in [0.25, 0.3) is 0 Å². The molecule has 7 heteroatoms. The quantitative estimate of drug-likeness (QED) is 0.745. The van der Waals surface area contributed by atoms with Gasteiger partial charge in [0.2, 0.25) is 0 Å². The fourth-order valence-corrected chi connectivity index (χ4v) is 1.81. The predicted octanol–water partition coefficient (Wildman–Crippen LogP) is 2.71. The van der Waals surface area contributed by atoms with E-state index in [4.69, 9.17) is 13.4 Å². The zero-order valence-electron chi connectivity index (χ0n) is 14.6. The molecule has 0 amide bonds. The van der Waals surface area contributed by atoms with Crippen LogP contribution in [0.2, 0.25) is 0 Å².